The highest BCUT2D eigenvalue weighted by molar-refractivity contribution is 9.10. The molecule has 144 valence electrons. The SMILES string of the molecule is Cc1cc(C(=O)CNC(=O)NCc2ccccc2)c(C)n1-c1ccc(Br)cc1. The van der Waals surface area contributed by atoms with Gasteiger partial charge in [-0.25, -0.2) is 4.79 Å². The monoisotopic (exact) mass is 439 g/mol. The molecule has 0 spiro atoms. The Kier molecular flexibility index (Phi) is 6.31. The first kappa shape index (κ1) is 19.9. The number of halogens is 1. The van der Waals surface area contributed by atoms with Gasteiger partial charge < -0.3 is 15.2 Å². The molecule has 3 rings (SSSR count). The van der Waals surface area contributed by atoms with Gasteiger partial charge in [-0.1, -0.05) is 46.3 Å². The van der Waals surface area contributed by atoms with Crippen LogP contribution in [-0.2, 0) is 6.54 Å². The highest BCUT2D eigenvalue weighted by Crippen LogP contribution is 2.22. The molecular formula is C22H22BrN3O2. The van der Waals surface area contributed by atoms with Crippen molar-refractivity contribution in [2.45, 2.75) is 20.4 Å². The predicted octanol–water partition coefficient (Wildman–Crippen LogP) is 4.54. The normalized spacial score (nSPS) is 10.5. The van der Waals surface area contributed by atoms with Crippen LogP contribution in [0.4, 0.5) is 4.79 Å². The first-order valence-corrected chi connectivity index (χ1v) is 9.78. The van der Waals surface area contributed by atoms with Crippen LogP contribution in [0.1, 0.15) is 27.3 Å². The summed E-state index contributed by atoms with van der Waals surface area (Å²) in [5.41, 5.74) is 4.43. The number of carbonyl (C=O) groups excluding carboxylic acids is 2. The Morgan fingerprint density at radius 3 is 2.32 bits per heavy atom. The van der Waals surface area contributed by atoms with Crippen LogP contribution in [0.25, 0.3) is 5.69 Å². The Morgan fingerprint density at radius 1 is 0.964 bits per heavy atom. The zero-order chi connectivity index (χ0) is 20.1. The molecule has 0 aliphatic heterocycles. The number of hydrogen-bond acceptors (Lipinski definition) is 2. The molecule has 0 radical (unpaired) electrons. The molecule has 0 fully saturated rings. The maximum atomic E-state index is 12.6. The maximum absolute atomic E-state index is 12.6. The number of nitrogens with one attached hydrogen (secondary N) is 2. The number of benzene rings is 2. The van der Waals surface area contributed by atoms with Crippen molar-refractivity contribution >= 4 is 27.7 Å². The summed E-state index contributed by atoms with van der Waals surface area (Å²) < 4.78 is 3.04. The molecule has 0 aliphatic rings. The second kappa shape index (κ2) is 8.89. The minimum absolute atomic E-state index is 0.0503. The summed E-state index contributed by atoms with van der Waals surface area (Å²) in [7, 11) is 0. The largest absolute Gasteiger partial charge is 0.334 e. The van der Waals surface area contributed by atoms with E-state index < -0.39 is 0 Å². The van der Waals surface area contributed by atoms with Crippen molar-refractivity contribution in [3.8, 4) is 5.69 Å². The molecule has 2 N–H and O–H groups in total. The third-order valence-corrected chi connectivity index (χ3v) is 5.05. The minimum atomic E-state index is -0.362. The molecule has 0 atom stereocenters. The molecule has 28 heavy (non-hydrogen) atoms. The summed E-state index contributed by atoms with van der Waals surface area (Å²) in [6.07, 6.45) is 0. The fourth-order valence-corrected chi connectivity index (χ4v) is 3.39. The van der Waals surface area contributed by atoms with E-state index >= 15 is 0 Å². The number of rotatable bonds is 6. The van der Waals surface area contributed by atoms with Gasteiger partial charge in [-0.3, -0.25) is 4.79 Å². The van der Waals surface area contributed by atoms with E-state index in [1.54, 1.807) is 0 Å². The van der Waals surface area contributed by atoms with Gasteiger partial charge in [0.15, 0.2) is 5.78 Å². The predicted molar refractivity (Wildman–Crippen MR) is 114 cm³/mol. The molecule has 2 amide bonds. The van der Waals surface area contributed by atoms with Gasteiger partial charge in [-0.05, 0) is 49.7 Å². The first-order chi connectivity index (χ1) is 13.5. The summed E-state index contributed by atoms with van der Waals surface area (Å²) in [4.78, 5) is 24.6. The van der Waals surface area contributed by atoms with E-state index in [-0.39, 0.29) is 18.4 Å². The number of ketones is 1. The van der Waals surface area contributed by atoms with Gasteiger partial charge in [-0.15, -0.1) is 0 Å². The lowest BCUT2D eigenvalue weighted by molar-refractivity contribution is 0.0991. The van der Waals surface area contributed by atoms with Gasteiger partial charge >= 0.3 is 6.03 Å². The number of amides is 2. The van der Waals surface area contributed by atoms with E-state index in [0.717, 1.165) is 27.1 Å². The third kappa shape index (κ3) is 4.70. The van der Waals surface area contributed by atoms with Gasteiger partial charge in [0.25, 0.3) is 0 Å². The molecular weight excluding hydrogens is 418 g/mol. The quantitative estimate of drug-likeness (QED) is 0.553. The van der Waals surface area contributed by atoms with Crippen molar-refractivity contribution in [2.75, 3.05) is 6.54 Å². The Balaban J connectivity index is 1.62. The first-order valence-electron chi connectivity index (χ1n) is 8.99. The van der Waals surface area contributed by atoms with Crippen LogP contribution in [0.5, 0.6) is 0 Å². The van der Waals surface area contributed by atoms with Gasteiger partial charge in [0.1, 0.15) is 0 Å². The molecule has 1 heterocycles. The molecule has 0 bridgehead atoms. The summed E-state index contributed by atoms with van der Waals surface area (Å²) in [6, 6.07) is 19.0. The number of aromatic nitrogens is 1. The summed E-state index contributed by atoms with van der Waals surface area (Å²) in [6.45, 7) is 4.24. The molecule has 0 saturated carbocycles. The molecule has 5 nitrogen and oxygen atoms in total. The van der Waals surface area contributed by atoms with E-state index in [1.807, 2.05) is 79.1 Å². The molecule has 1 aromatic heterocycles. The van der Waals surface area contributed by atoms with E-state index in [4.69, 9.17) is 0 Å². The third-order valence-electron chi connectivity index (χ3n) is 4.52. The molecule has 6 heteroatoms. The molecule has 0 unspecified atom stereocenters. The van der Waals surface area contributed by atoms with E-state index in [9.17, 15) is 9.59 Å². The topological polar surface area (TPSA) is 63.1 Å². The van der Waals surface area contributed by atoms with Gasteiger partial charge in [0.2, 0.25) is 0 Å². The summed E-state index contributed by atoms with van der Waals surface area (Å²) >= 11 is 3.44. The van der Waals surface area contributed by atoms with Crippen molar-refractivity contribution in [2.24, 2.45) is 0 Å². The van der Waals surface area contributed by atoms with E-state index in [1.165, 1.54) is 0 Å². The van der Waals surface area contributed by atoms with Crippen LogP contribution in [0.2, 0.25) is 0 Å². The number of aryl methyl sites for hydroxylation is 1. The van der Waals surface area contributed by atoms with Crippen LogP contribution in [-0.4, -0.2) is 22.9 Å². The average molecular weight is 440 g/mol. The van der Waals surface area contributed by atoms with Crippen molar-refractivity contribution in [3.05, 3.63) is 87.7 Å². The number of carbonyl (C=O) groups is 2. The van der Waals surface area contributed by atoms with Crippen LogP contribution < -0.4 is 10.6 Å². The highest BCUT2D eigenvalue weighted by atomic mass is 79.9. The standard InChI is InChI=1S/C22H22BrN3O2/c1-15-12-20(16(2)26(15)19-10-8-18(23)9-11-19)21(27)14-25-22(28)24-13-17-6-4-3-5-7-17/h3-12H,13-14H2,1-2H3,(H2,24,25,28). The number of hydrogen-bond donors (Lipinski definition) is 2. The van der Waals surface area contributed by atoms with Gasteiger partial charge in [-0.2, -0.15) is 0 Å². The lowest BCUT2D eigenvalue weighted by Crippen LogP contribution is -2.38. The van der Waals surface area contributed by atoms with Crippen LogP contribution in [0, 0.1) is 13.8 Å². The number of Topliss-reactive ketones (excluding diaryl/α,β-unsaturated/α-hetero) is 1. The average Bonchev–Trinajstić information content (AvgIpc) is 3.00. The smallest absolute Gasteiger partial charge is 0.315 e. The second-order valence-electron chi connectivity index (χ2n) is 6.54. The summed E-state index contributed by atoms with van der Waals surface area (Å²) in [5, 5.41) is 5.40. The minimum Gasteiger partial charge on any atom is -0.334 e. The molecule has 3 aromatic rings. The van der Waals surface area contributed by atoms with Crippen molar-refractivity contribution in [3.63, 3.8) is 0 Å². The highest BCUT2D eigenvalue weighted by Gasteiger charge is 2.17. The lowest BCUT2D eigenvalue weighted by Gasteiger charge is -2.10. The fraction of sp³-hybridized carbons (Fsp3) is 0.182. The van der Waals surface area contributed by atoms with Crippen LogP contribution in [0.15, 0.2) is 65.1 Å². The van der Waals surface area contributed by atoms with E-state index in [2.05, 4.69) is 26.6 Å². The Bertz CT molecular complexity index is 979. The second-order valence-corrected chi connectivity index (χ2v) is 7.46. The number of nitrogens with zero attached hydrogens (tertiary/aromatic N) is 1. The van der Waals surface area contributed by atoms with Crippen molar-refractivity contribution in [1.82, 2.24) is 15.2 Å². The fourth-order valence-electron chi connectivity index (χ4n) is 3.13. The summed E-state index contributed by atoms with van der Waals surface area (Å²) in [5.74, 6) is -0.119. The zero-order valence-corrected chi connectivity index (χ0v) is 17.4. The maximum Gasteiger partial charge on any atom is 0.315 e. The Morgan fingerprint density at radius 2 is 1.64 bits per heavy atom. The zero-order valence-electron chi connectivity index (χ0n) is 15.8. The van der Waals surface area contributed by atoms with Crippen molar-refractivity contribution in [1.29, 1.82) is 0 Å². The van der Waals surface area contributed by atoms with Gasteiger partial charge in [0.05, 0.1) is 6.54 Å². The molecule has 0 aliphatic carbocycles. The lowest BCUT2D eigenvalue weighted by atomic mass is 10.1. The molecule has 0 saturated heterocycles. The van der Waals surface area contributed by atoms with Crippen LogP contribution in [0.3, 0.4) is 0 Å². The number of urea groups is 1. The van der Waals surface area contributed by atoms with Gasteiger partial charge in [0, 0.05) is 33.7 Å². The Hall–Kier alpha value is -2.86. The van der Waals surface area contributed by atoms with Crippen molar-refractivity contribution < 1.29 is 9.59 Å². The molecule has 2 aromatic carbocycles. The Labute approximate surface area is 172 Å². The van der Waals surface area contributed by atoms with E-state index in [0.29, 0.717) is 12.1 Å². The van der Waals surface area contributed by atoms with Crippen LogP contribution >= 0.6 is 15.9 Å².